The zero-order chi connectivity index (χ0) is 20.2. The summed E-state index contributed by atoms with van der Waals surface area (Å²) in [4.78, 5) is 0. The van der Waals surface area contributed by atoms with Crippen molar-refractivity contribution in [3.05, 3.63) is 80.9 Å². The fraction of sp³-hybridized carbons (Fsp3) is 0.370. The van der Waals surface area contributed by atoms with E-state index in [1.165, 1.54) is 22.3 Å². The first-order chi connectivity index (χ1) is 13.3. The normalized spacial score (nSPS) is 18.6. The third-order valence-corrected chi connectivity index (χ3v) is 14.0. The number of allylic oxidation sites excluding steroid dienone is 2. The van der Waals surface area contributed by atoms with E-state index < -0.39 is 21.3 Å². The first-order valence-corrected chi connectivity index (χ1v) is 15.2. The Hall–Kier alpha value is -0.747. The Labute approximate surface area is 202 Å². The van der Waals surface area contributed by atoms with Gasteiger partial charge < -0.3 is 24.8 Å². The Morgan fingerprint density at radius 2 is 1.07 bits per heavy atom. The van der Waals surface area contributed by atoms with Gasteiger partial charge in [0, 0.05) is 0 Å². The van der Waals surface area contributed by atoms with Crippen LogP contribution in [0.4, 0.5) is 0 Å². The molecule has 158 valence electrons. The maximum absolute atomic E-state index is 4.96. The molecule has 2 aromatic carbocycles. The van der Waals surface area contributed by atoms with Crippen molar-refractivity contribution in [2.75, 3.05) is 0 Å². The molecule has 2 atom stereocenters. The number of benzene rings is 2. The van der Waals surface area contributed by atoms with Gasteiger partial charge >= 0.3 is 179 Å². The van der Waals surface area contributed by atoms with Gasteiger partial charge in [-0.25, -0.2) is 0 Å². The van der Waals surface area contributed by atoms with Crippen LogP contribution in [0, 0.1) is 0 Å². The quantitative estimate of drug-likeness (QED) is 0.577. The molecule has 2 aliphatic rings. The van der Waals surface area contributed by atoms with Crippen LogP contribution in [0.15, 0.2) is 47.5 Å². The van der Waals surface area contributed by atoms with Crippen LogP contribution in [0.5, 0.6) is 0 Å². The van der Waals surface area contributed by atoms with Gasteiger partial charge in [-0.2, -0.15) is 0 Å². The molecule has 2 aliphatic carbocycles. The summed E-state index contributed by atoms with van der Waals surface area (Å²) in [5, 5.41) is 0. The van der Waals surface area contributed by atoms with Crippen LogP contribution in [0.25, 0.3) is 12.2 Å². The van der Waals surface area contributed by atoms with E-state index in [1.54, 1.807) is 22.3 Å². The van der Waals surface area contributed by atoms with Gasteiger partial charge in [-0.05, 0) is 0 Å². The Kier molecular flexibility index (Phi) is 8.34. The molecule has 0 nitrogen and oxygen atoms in total. The minimum atomic E-state index is -2.09. The topological polar surface area (TPSA) is 0 Å². The summed E-state index contributed by atoms with van der Waals surface area (Å²) in [6.07, 6.45) is 4.95. The standard InChI is InChI=1S/2C13H15.CH2.2ClH.Zr/c2*1-9(2)12-6-4-5-11-7-10(3)8-13(11)12;;;;/h2*4-9H,1-3H3;1H2;2*1H;/q;;;;;+2/p-2. The molecule has 0 aliphatic heterocycles. The summed E-state index contributed by atoms with van der Waals surface area (Å²) < 4.78 is 6.16. The number of fused-ring (bicyclic) bond motifs is 2. The maximum Gasteiger partial charge on any atom is -1.00 e. The van der Waals surface area contributed by atoms with E-state index in [0.29, 0.717) is 19.1 Å². The molecule has 0 saturated carbocycles. The van der Waals surface area contributed by atoms with Crippen molar-refractivity contribution in [2.45, 2.75) is 60.6 Å². The second kappa shape index (κ2) is 9.81. The van der Waals surface area contributed by atoms with Gasteiger partial charge in [-0.3, -0.25) is 0 Å². The molecular formula is C27H32Cl2Zr. The van der Waals surface area contributed by atoms with Gasteiger partial charge in [0.2, 0.25) is 0 Å². The second-order valence-corrected chi connectivity index (χ2v) is 14.9. The van der Waals surface area contributed by atoms with Gasteiger partial charge in [0.15, 0.2) is 0 Å². The van der Waals surface area contributed by atoms with Gasteiger partial charge in [-0.1, -0.05) is 0 Å². The Bertz CT molecular complexity index is 946. The fourth-order valence-corrected chi connectivity index (χ4v) is 12.6. The van der Waals surface area contributed by atoms with Crippen LogP contribution in [0.1, 0.15) is 94.0 Å². The van der Waals surface area contributed by atoms with Crippen molar-refractivity contribution in [1.82, 2.24) is 0 Å². The van der Waals surface area contributed by atoms with E-state index in [2.05, 4.69) is 90.1 Å². The average Bonchev–Trinajstić information content (AvgIpc) is 3.15. The van der Waals surface area contributed by atoms with Crippen molar-refractivity contribution in [3.8, 4) is 0 Å². The molecule has 2 unspecified atom stereocenters. The van der Waals surface area contributed by atoms with E-state index in [9.17, 15) is 0 Å². The van der Waals surface area contributed by atoms with Crippen molar-refractivity contribution < 1.29 is 46.1 Å². The SMILES string of the molecule is [CH2]=[Zr+2]([CH]1C(C)=Cc2c(C(C)C)cccc21)[CH]1C(C)=Cc2c(C(C)C)cccc21.[Cl-].[Cl-]. The van der Waals surface area contributed by atoms with Crippen LogP contribution in [0.3, 0.4) is 0 Å². The summed E-state index contributed by atoms with van der Waals surface area (Å²) in [7, 11) is 0. The monoisotopic (exact) mass is 516 g/mol. The number of hydrogen-bond donors (Lipinski definition) is 0. The molecule has 30 heavy (non-hydrogen) atoms. The van der Waals surface area contributed by atoms with Crippen LogP contribution in [-0.2, 0) is 21.3 Å². The molecule has 0 bridgehead atoms. The smallest absolute Gasteiger partial charge is 1.00 e. The van der Waals surface area contributed by atoms with E-state index in [0.717, 1.165) is 0 Å². The van der Waals surface area contributed by atoms with Gasteiger partial charge in [-0.15, -0.1) is 0 Å². The predicted octanol–water partition coefficient (Wildman–Crippen LogP) is 1.61. The molecule has 4 rings (SSSR count). The zero-order valence-electron chi connectivity index (χ0n) is 18.9. The van der Waals surface area contributed by atoms with Gasteiger partial charge in [0.25, 0.3) is 0 Å². The van der Waals surface area contributed by atoms with Crippen LogP contribution in [-0.4, -0.2) is 4.21 Å². The largest absolute Gasteiger partial charge is 1.00 e. The van der Waals surface area contributed by atoms with Crippen molar-refractivity contribution in [1.29, 1.82) is 0 Å². The molecule has 0 amide bonds. The second-order valence-electron chi connectivity index (χ2n) is 9.23. The van der Waals surface area contributed by atoms with E-state index in [1.807, 2.05) is 0 Å². The van der Waals surface area contributed by atoms with Gasteiger partial charge in [0.05, 0.1) is 0 Å². The van der Waals surface area contributed by atoms with Crippen molar-refractivity contribution >= 4 is 16.4 Å². The molecule has 0 radical (unpaired) electrons. The zero-order valence-corrected chi connectivity index (χ0v) is 22.9. The minimum Gasteiger partial charge on any atom is -1.00 e. The predicted molar refractivity (Wildman–Crippen MR) is 121 cm³/mol. The molecule has 2 aromatic rings. The van der Waals surface area contributed by atoms with E-state index in [-0.39, 0.29) is 24.8 Å². The Balaban J connectivity index is 0.00000160. The first kappa shape index (κ1) is 25.5. The number of halogens is 2. The molecule has 0 N–H and O–H groups in total. The summed E-state index contributed by atoms with van der Waals surface area (Å²) in [5.41, 5.74) is 12.2. The minimum absolute atomic E-state index is 0. The van der Waals surface area contributed by atoms with Gasteiger partial charge in [0.1, 0.15) is 0 Å². The van der Waals surface area contributed by atoms with Crippen LogP contribution >= 0.6 is 0 Å². The third kappa shape index (κ3) is 4.15. The molecule has 0 aromatic heterocycles. The maximum atomic E-state index is 4.96. The summed E-state index contributed by atoms with van der Waals surface area (Å²) in [6.45, 7) is 13.9. The molecule has 0 saturated heterocycles. The number of hydrogen-bond acceptors (Lipinski definition) is 0. The van der Waals surface area contributed by atoms with E-state index >= 15 is 0 Å². The average molecular weight is 519 g/mol. The molecule has 0 fully saturated rings. The fourth-order valence-electron chi connectivity index (χ4n) is 5.31. The first-order valence-electron chi connectivity index (χ1n) is 10.6. The molecular weight excluding hydrogens is 486 g/mol. The number of rotatable bonds is 4. The summed E-state index contributed by atoms with van der Waals surface area (Å²) in [6, 6.07) is 13.9. The van der Waals surface area contributed by atoms with E-state index in [4.69, 9.17) is 4.21 Å². The summed E-state index contributed by atoms with van der Waals surface area (Å²) >= 11 is -2.09. The van der Waals surface area contributed by atoms with Crippen molar-refractivity contribution in [2.24, 2.45) is 0 Å². The molecule has 3 heteroatoms. The van der Waals surface area contributed by atoms with Crippen molar-refractivity contribution in [3.63, 3.8) is 0 Å². The van der Waals surface area contributed by atoms with Crippen LogP contribution in [0.2, 0.25) is 0 Å². The Morgan fingerprint density at radius 3 is 1.40 bits per heavy atom. The Morgan fingerprint density at radius 1 is 0.700 bits per heavy atom. The molecule has 0 spiro atoms. The van der Waals surface area contributed by atoms with Crippen LogP contribution < -0.4 is 24.8 Å². The summed E-state index contributed by atoms with van der Waals surface area (Å²) in [5.74, 6) is 1.13. The third-order valence-electron chi connectivity index (χ3n) is 6.61. The molecule has 0 heterocycles.